The van der Waals surface area contributed by atoms with Crippen molar-refractivity contribution < 1.29 is 29.0 Å². The fraction of sp³-hybridized carbons (Fsp3) is 0.759. The summed E-state index contributed by atoms with van der Waals surface area (Å²) in [6, 6.07) is -0.910. The minimum atomic E-state index is -1.10. The van der Waals surface area contributed by atoms with E-state index in [0.717, 1.165) is 25.7 Å². The lowest BCUT2D eigenvalue weighted by Gasteiger charge is -2.45. The monoisotopic (exact) mass is 518 g/mol. The number of β-amino-alcohol motifs (C(OH)–C–C–N with tert-alkyl or cyclic N) is 1. The van der Waals surface area contributed by atoms with Crippen LogP contribution < -0.4 is 0 Å². The van der Waals surface area contributed by atoms with Crippen LogP contribution >= 0.6 is 0 Å². The summed E-state index contributed by atoms with van der Waals surface area (Å²) in [4.78, 5) is 44.6. The van der Waals surface area contributed by atoms with E-state index in [1.54, 1.807) is 11.0 Å². The van der Waals surface area contributed by atoms with E-state index in [2.05, 4.69) is 33.9 Å². The summed E-state index contributed by atoms with van der Waals surface area (Å²) in [5.74, 6) is -2.50. The lowest BCUT2D eigenvalue weighted by Crippen LogP contribution is -2.61. The maximum atomic E-state index is 14.4. The second kappa shape index (κ2) is 11.3. The summed E-state index contributed by atoms with van der Waals surface area (Å²) < 4.78 is 12.0. The Bertz CT molecular complexity index is 893. The van der Waals surface area contributed by atoms with Crippen LogP contribution in [-0.2, 0) is 23.9 Å². The predicted molar refractivity (Wildman–Crippen MR) is 141 cm³/mol. The van der Waals surface area contributed by atoms with Crippen LogP contribution in [0.15, 0.2) is 25.3 Å². The number of allylic oxidation sites excluding steroid dienone is 1. The highest BCUT2D eigenvalue weighted by Crippen LogP contribution is 2.59. The fourth-order valence-electron chi connectivity index (χ4n) is 7.01. The molecule has 0 aromatic carbocycles. The molecule has 3 fully saturated rings. The molecule has 0 aliphatic carbocycles. The van der Waals surface area contributed by atoms with Gasteiger partial charge in [0.25, 0.3) is 0 Å². The number of carbonyl (C=O) groups excluding carboxylic acids is 3. The van der Waals surface area contributed by atoms with E-state index in [0.29, 0.717) is 19.4 Å². The van der Waals surface area contributed by atoms with Gasteiger partial charge in [-0.3, -0.25) is 14.4 Å². The topological polar surface area (TPSA) is 96.4 Å². The molecule has 0 saturated carbocycles. The zero-order valence-electron chi connectivity index (χ0n) is 23.3. The smallest absolute Gasteiger partial charge is 0.312 e. The molecule has 0 radical (unpaired) electrons. The van der Waals surface area contributed by atoms with Crippen molar-refractivity contribution in [2.75, 3.05) is 26.3 Å². The molecule has 1 spiro atoms. The number of ether oxygens (including phenoxy) is 2. The molecule has 37 heavy (non-hydrogen) atoms. The molecule has 3 heterocycles. The zero-order valence-corrected chi connectivity index (χ0v) is 23.3. The Morgan fingerprint density at radius 3 is 2.51 bits per heavy atom. The van der Waals surface area contributed by atoms with Gasteiger partial charge in [0.05, 0.1) is 31.2 Å². The molecule has 3 saturated heterocycles. The molecular formula is C29H46N2O6. The highest BCUT2D eigenvalue weighted by molar-refractivity contribution is 5.98. The first kappa shape index (κ1) is 29.4. The Kier molecular flexibility index (Phi) is 8.95. The summed E-state index contributed by atoms with van der Waals surface area (Å²) in [5.41, 5.74) is -1.66. The number of fused-ring (bicyclic) bond motifs is 1. The minimum absolute atomic E-state index is 0.00641. The Hall–Kier alpha value is -2.19. The highest BCUT2D eigenvalue weighted by Gasteiger charge is 2.75. The first-order valence-corrected chi connectivity index (χ1v) is 13.6. The van der Waals surface area contributed by atoms with E-state index in [-0.39, 0.29) is 37.0 Å². The molecule has 2 amide bonds. The summed E-state index contributed by atoms with van der Waals surface area (Å²) in [7, 11) is 0. The number of likely N-dealkylation sites (tertiary alicyclic amines) is 1. The molecule has 3 rings (SSSR count). The minimum Gasteiger partial charge on any atom is -0.465 e. The van der Waals surface area contributed by atoms with Gasteiger partial charge < -0.3 is 24.4 Å². The maximum absolute atomic E-state index is 14.4. The van der Waals surface area contributed by atoms with Crippen molar-refractivity contribution in [1.29, 1.82) is 0 Å². The molecule has 208 valence electrons. The second-order valence-electron chi connectivity index (χ2n) is 12.6. The van der Waals surface area contributed by atoms with Gasteiger partial charge in [0, 0.05) is 18.6 Å². The van der Waals surface area contributed by atoms with Crippen LogP contribution in [-0.4, -0.2) is 82.3 Å². The van der Waals surface area contributed by atoms with Crippen LogP contribution in [0.25, 0.3) is 0 Å². The molecule has 3 aliphatic heterocycles. The van der Waals surface area contributed by atoms with Crippen molar-refractivity contribution in [1.82, 2.24) is 9.80 Å². The van der Waals surface area contributed by atoms with E-state index < -0.39 is 41.1 Å². The molecule has 2 unspecified atom stereocenters. The van der Waals surface area contributed by atoms with E-state index in [9.17, 15) is 19.5 Å². The summed E-state index contributed by atoms with van der Waals surface area (Å²) in [6.45, 7) is 18.3. The van der Waals surface area contributed by atoms with Crippen LogP contribution in [0.4, 0.5) is 0 Å². The third-order valence-corrected chi connectivity index (χ3v) is 7.97. The molecule has 8 heteroatoms. The number of nitrogens with zero attached hydrogens (tertiary/aromatic N) is 2. The number of aliphatic hydroxyl groups excluding tert-OH is 1. The molecule has 1 N–H and O–H groups in total. The first-order valence-electron chi connectivity index (χ1n) is 13.6. The highest BCUT2D eigenvalue weighted by atomic mass is 16.6. The maximum Gasteiger partial charge on any atom is 0.312 e. The number of rotatable bonds is 13. The lowest BCUT2D eigenvalue weighted by molar-refractivity contribution is -0.156. The molecule has 0 aromatic rings. The SMILES string of the molecule is C=CCCCCOC(=O)[C@@H]1[C@@H]2CCC3(O2)C(C(=O)N(CC=C)C(C)(C)CC(C)(C)C)N(CCO)C(=O)[C@H]13. The van der Waals surface area contributed by atoms with Crippen molar-refractivity contribution >= 4 is 17.8 Å². The van der Waals surface area contributed by atoms with E-state index in [1.165, 1.54) is 4.90 Å². The van der Waals surface area contributed by atoms with Gasteiger partial charge in [-0.15, -0.1) is 13.2 Å². The number of amides is 2. The number of carbonyl (C=O) groups is 3. The third-order valence-electron chi connectivity index (χ3n) is 7.97. The van der Waals surface area contributed by atoms with Crippen LogP contribution in [0.3, 0.4) is 0 Å². The van der Waals surface area contributed by atoms with Gasteiger partial charge in [-0.2, -0.15) is 0 Å². The van der Waals surface area contributed by atoms with Crippen LogP contribution in [0, 0.1) is 17.3 Å². The first-order chi connectivity index (χ1) is 17.3. The summed E-state index contributed by atoms with van der Waals surface area (Å²) in [5, 5.41) is 9.82. The van der Waals surface area contributed by atoms with E-state index >= 15 is 0 Å². The molecule has 0 aromatic heterocycles. The number of unbranched alkanes of at least 4 members (excludes halogenated alkanes) is 2. The van der Waals surface area contributed by atoms with Crippen LogP contribution in [0.2, 0.25) is 0 Å². The standard InChI is InChI=1S/C29H46N2O6/c1-8-10-11-12-18-36-26(35)21-20-13-14-29(37-20)22(21)24(33)30(16-17-32)23(29)25(34)31(15-9-2)28(6,7)19-27(3,4)5/h8-9,20-23,32H,1-2,10-19H2,3-7H3/t20-,21+,22-,23?,29?/m0/s1. The van der Waals surface area contributed by atoms with Crippen molar-refractivity contribution in [2.24, 2.45) is 17.3 Å². The van der Waals surface area contributed by atoms with Crippen molar-refractivity contribution in [3.8, 4) is 0 Å². The van der Waals surface area contributed by atoms with Gasteiger partial charge in [-0.05, 0) is 57.8 Å². The Labute approximate surface area is 222 Å². The van der Waals surface area contributed by atoms with Gasteiger partial charge in [0.1, 0.15) is 11.6 Å². The van der Waals surface area contributed by atoms with Gasteiger partial charge >= 0.3 is 5.97 Å². The lowest BCUT2D eigenvalue weighted by atomic mass is 9.70. The Morgan fingerprint density at radius 2 is 1.92 bits per heavy atom. The van der Waals surface area contributed by atoms with Crippen LogP contribution in [0.1, 0.15) is 73.1 Å². The second-order valence-corrected chi connectivity index (χ2v) is 12.6. The average Bonchev–Trinajstić information content (AvgIpc) is 3.43. The molecule has 2 bridgehead atoms. The van der Waals surface area contributed by atoms with Crippen LogP contribution in [0.5, 0.6) is 0 Å². The molecule has 5 atom stereocenters. The van der Waals surface area contributed by atoms with Gasteiger partial charge in [-0.25, -0.2) is 0 Å². The van der Waals surface area contributed by atoms with E-state index in [1.807, 2.05) is 19.9 Å². The van der Waals surface area contributed by atoms with Gasteiger partial charge in [0.15, 0.2) is 0 Å². The number of hydrogen-bond acceptors (Lipinski definition) is 6. The Balaban J connectivity index is 1.92. The van der Waals surface area contributed by atoms with Crippen molar-refractivity contribution in [2.45, 2.75) is 96.4 Å². The normalized spacial score (nSPS) is 28.8. The molecular weight excluding hydrogens is 472 g/mol. The third kappa shape index (κ3) is 5.65. The fourth-order valence-corrected chi connectivity index (χ4v) is 7.01. The number of hydrogen-bond donors (Lipinski definition) is 1. The average molecular weight is 519 g/mol. The van der Waals surface area contributed by atoms with E-state index in [4.69, 9.17) is 9.47 Å². The quantitative estimate of drug-likeness (QED) is 0.228. The van der Waals surface area contributed by atoms with Gasteiger partial charge in [-0.1, -0.05) is 32.9 Å². The summed E-state index contributed by atoms with van der Waals surface area (Å²) >= 11 is 0. The number of aliphatic hydroxyl groups is 1. The molecule has 8 nitrogen and oxygen atoms in total. The van der Waals surface area contributed by atoms with Crippen molar-refractivity contribution in [3.05, 3.63) is 25.3 Å². The van der Waals surface area contributed by atoms with Crippen molar-refractivity contribution in [3.63, 3.8) is 0 Å². The summed E-state index contributed by atoms with van der Waals surface area (Å²) in [6.07, 6.45) is 7.36. The largest absolute Gasteiger partial charge is 0.465 e. The predicted octanol–water partition coefficient (Wildman–Crippen LogP) is 3.48. The van der Waals surface area contributed by atoms with Gasteiger partial charge in [0.2, 0.25) is 11.8 Å². The Morgan fingerprint density at radius 1 is 1.22 bits per heavy atom. The number of esters is 1. The zero-order chi connectivity index (χ0) is 27.6. The molecule has 3 aliphatic rings.